The molecule has 0 nitrogen and oxygen atoms in total. The van der Waals surface area contributed by atoms with Gasteiger partial charge >= 0.3 is 0 Å². The van der Waals surface area contributed by atoms with Crippen LogP contribution in [0.2, 0.25) is 0 Å². The minimum Gasteiger partial charge on any atom is -0.0850 e. The van der Waals surface area contributed by atoms with E-state index in [1.807, 2.05) is 0 Å². The van der Waals surface area contributed by atoms with E-state index in [-0.39, 0.29) is 0 Å². The molecule has 2 aliphatic rings. The van der Waals surface area contributed by atoms with E-state index in [9.17, 15) is 0 Å². The summed E-state index contributed by atoms with van der Waals surface area (Å²) in [5, 5.41) is 0. The molecular formula is C11H16. The summed E-state index contributed by atoms with van der Waals surface area (Å²) in [5.74, 6) is 0. The van der Waals surface area contributed by atoms with Gasteiger partial charge in [0, 0.05) is 0 Å². The van der Waals surface area contributed by atoms with Gasteiger partial charge < -0.3 is 0 Å². The monoisotopic (exact) mass is 148 g/mol. The molecule has 0 heterocycles. The second-order valence-electron chi connectivity index (χ2n) is 3.66. The van der Waals surface area contributed by atoms with E-state index in [0.717, 1.165) is 0 Å². The highest BCUT2D eigenvalue weighted by molar-refractivity contribution is 5.15. The van der Waals surface area contributed by atoms with Crippen molar-refractivity contribution in [2.75, 3.05) is 0 Å². The zero-order valence-electron chi connectivity index (χ0n) is 7.10. The average Bonchev–Trinajstić information content (AvgIpc) is 2.11. The molecule has 2 rings (SSSR count). The van der Waals surface area contributed by atoms with Gasteiger partial charge in [0.2, 0.25) is 0 Å². The van der Waals surface area contributed by atoms with Crippen LogP contribution < -0.4 is 0 Å². The quantitative estimate of drug-likeness (QED) is 0.460. The number of rotatable bonds is 0. The first kappa shape index (κ1) is 7.15. The van der Waals surface area contributed by atoms with Crippen LogP contribution in [0.4, 0.5) is 0 Å². The average molecular weight is 148 g/mol. The Morgan fingerprint density at radius 2 is 1.27 bits per heavy atom. The Morgan fingerprint density at radius 1 is 0.727 bits per heavy atom. The fourth-order valence-corrected chi connectivity index (χ4v) is 2.10. The van der Waals surface area contributed by atoms with E-state index in [1.54, 1.807) is 11.1 Å². The third-order valence-electron chi connectivity index (χ3n) is 2.80. The van der Waals surface area contributed by atoms with Crippen molar-refractivity contribution in [1.29, 1.82) is 0 Å². The number of hydrogen-bond acceptors (Lipinski definition) is 0. The van der Waals surface area contributed by atoms with Crippen LogP contribution >= 0.6 is 0 Å². The second-order valence-corrected chi connectivity index (χ2v) is 3.66. The Hall–Kier alpha value is -0.520. The van der Waals surface area contributed by atoms with Crippen molar-refractivity contribution in [3.8, 4) is 0 Å². The first-order chi connectivity index (χ1) is 5.45. The van der Waals surface area contributed by atoms with Crippen molar-refractivity contribution in [3.05, 3.63) is 23.3 Å². The van der Waals surface area contributed by atoms with Crippen LogP contribution in [-0.4, -0.2) is 0 Å². The summed E-state index contributed by atoms with van der Waals surface area (Å²) in [5.41, 5.74) is 3.46. The lowest BCUT2D eigenvalue weighted by atomic mass is 10.0. The number of fused-ring (bicyclic) bond motifs is 3. The molecule has 2 bridgehead atoms. The highest BCUT2D eigenvalue weighted by Crippen LogP contribution is 2.28. The van der Waals surface area contributed by atoms with Gasteiger partial charge in [0.05, 0.1) is 0 Å². The van der Waals surface area contributed by atoms with E-state index < -0.39 is 0 Å². The van der Waals surface area contributed by atoms with Crippen LogP contribution in [0.3, 0.4) is 0 Å². The molecule has 0 aromatic rings. The van der Waals surface area contributed by atoms with Crippen molar-refractivity contribution >= 4 is 0 Å². The number of allylic oxidation sites excluding steroid dienone is 4. The lowest BCUT2D eigenvalue weighted by Crippen LogP contribution is -1.85. The Labute approximate surface area is 69.0 Å². The summed E-state index contributed by atoms with van der Waals surface area (Å²) in [7, 11) is 0. The van der Waals surface area contributed by atoms with Gasteiger partial charge in [-0.3, -0.25) is 0 Å². The maximum atomic E-state index is 2.47. The molecule has 0 radical (unpaired) electrons. The first-order valence-electron chi connectivity index (χ1n) is 4.81. The Kier molecular flexibility index (Phi) is 2.11. The van der Waals surface area contributed by atoms with E-state index in [4.69, 9.17) is 0 Å². The van der Waals surface area contributed by atoms with Crippen molar-refractivity contribution in [2.45, 2.75) is 44.9 Å². The molecule has 0 aromatic carbocycles. The van der Waals surface area contributed by atoms with Crippen LogP contribution in [0.25, 0.3) is 0 Å². The van der Waals surface area contributed by atoms with Crippen molar-refractivity contribution in [3.63, 3.8) is 0 Å². The van der Waals surface area contributed by atoms with Gasteiger partial charge in [0.15, 0.2) is 0 Å². The largest absolute Gasteiger partial charge is 0.0850 e. The standard InChI is InChI=1S/C11H16/c1-2-5-11-7-3-6-10(4-1)8-9-11/h4-5H,1-3,6-9H2/b10-4+,11-5+. The third-order valence-corrected chi connectivity index (χ3v) is 2.80. The smallest absolute Gasteiger partial charge is 0.0283 e. The SMILES string of the molecule is C1=C2\CCC/C(=C\CC/1)CC2. The van der Waals surface area contributed by atoms with Gasteiger partial charge in [-0.1, -0.05) is 23.3 Å². The van der Waals surface area contributed by atoms with Gasteiger partial charge in [-0.2, -0.15) is 0 Å². The molecule has 1 fully saturated rings. The molecule has 1 saturated carbocycles. The summed E-state index contributed by atoms with van der Waals surface area (Å²) in [6.45, 7) is 0. The fourth-order valence-electron chi connectivity index (χ4n) is 2.10. The molecule has 0 unspecified atom stereocenters. The van der Waals surface area contributed by atoms with Crippen LogP contribution in [-0.2, 0) is 0 Å². The van der Waals surface area contributed by atoms with E-state index >= 15 is 0 Å². The van der Waals surface area contributed by atoms with Crippen LogP contribution in [0, 0.1) is 0 Å². The summed E-state index contributed by atoms with van der Waals surface area (Å²) < 4.78 is 0. The Balaban J connectivity index is 2.19. The molecule has 0 saturated heterocycles. The van der Waals surface area contributed by atoms with Crippen molar-refractivity contribution < 1.29 is 0 Å². The molecule has 0 aliphatic heterocycles. The van der Waals surface area contributed by atoms with Gasteiger partial charge in [0.1, 0.15) is 0 Å². The van der Waals surface area contributed by atoms with Gasteiger partial charge in [-0.15, -0.1) is 0 Å². The molecule has 11 heavy (non-hydrogen) atoms. The summed E-state index contributed by atoms with van der Waals surface area (Å²) in [4.78, 5) is 0. The predicted octanol–water partition coefficient (Wildman–Crippen LogP) is 3.60. The lowest BCUT2D eigenvalue weighted by molar-refractivity contribution is 0.831. The Bertz CT molecular complexity index is 174. The minimum absolute atomic E-state index is 1.29. The minimum atomic E-state index is 1.29. The maximum Gasteiger partial charge on any atom is -0.0283 e. The van der Waals surface area contributed by atoms with Gasteiger partial charge in [-0.05, 0) is 44.9 Å². The molecule has 0 N–H and O–H groups in total. The lowest BCUT2D eigenvalue weighted by Gasteiger charge is -2.05. The van der Waals surface area contributed by atoms with E-state index in [1.165, 1.54) is 44.9 Å². The van der Waals surface area contributed by atoms with E-state index in [2.05, 4.69) is 12.2 Å². The highest BCUT2D eigenvalue weighted by atomic mass is 14.1. The number of hydrogen-bond donors (Lipinski definition) is 0. The van der Waals surface area contributed by atoms with Gasteiger partial charge in [-0.25, -0.2) is 0 Å². The predicted molar refractivity (Wildman–Crippen MR) is 48.5 cm³/mol. The molecule has 0 amide bonds. The summed E-state index contributed by atoms with van der Waals surface area (Å²) in [6.07, 6.45) is 14.4. The molecule has 2 aliphatic carbocycles. The normalized spacial score (nSPS) is 34.2. The van der Waals surface area contributed by atoms with Crippen molar-refractivity contribution in [2.24, 2.45) is 0 Å². The first-order valence-corrected chi connectivity index (χ1v) is 4.81. The molecule has 60 valence electrons. The van der Waals surface area contributed by atoms with Gasteiger partial charge in [0.25, 0.3) is 0 Å². The zero-order chi connectivity index (χ0) is 7.52. The third kappa shape index (κ3) is 1.74. The van der Waals surface area contributed by atoms with Crippen LogP contribution in [0.1, 0.15) is 44.9 Å². The molecule has 0 atom stereocenters. The molecule has 0 spiro atoms. The van der Waals surface area contributed by atoms with E-state index in [0.29, 0.717) is 0 Å². The molecule has 0 heteroatoms. The van der Waals surface area contributed by atoms with Crippen LogP contribution in [0.15, 0.2) is 23.3 Å². The van der Waals surface area contributed by atoms with Crippen molar-refractivity contribution in [1.82, 2.24) is 0 Å². The van der Waals surface area contributed by atoms with Crippen LogP contribution in [0.5, 0.6) is 0 Å². The highest BCUT2D eigenvalue weighted by Gasteiger charge is 2.09. The summed E-state index contributed by atoms with van der Waals surface area (Å²) in [6, 6.07) is 0. The zero-order valence-corrected chi connectivity index (χ0v) is 7.10. The topological polar surface area (TPSA) is 0 Å². The molecular weight excluding hydrogens is 132 g/mol. The Morgan fingerprint density at radius 3 is 1.82 bits per heavy atom. The molecule has 0 aromatic heterocycles. The summed E-state index contributed by atoms with van der Waals surface area (Å²) >= 11 is 0. The fraction of sp³-hybridized carbons (Fsp3) is 0.636. The maximum absolute atomic E-state index is 2.47. The second kappa shape index (κ2) is 3.25.